The summed E-state index contributed by atoms with van der Waals surface area (Å²) in [7, 11) is 1.99. The molecule has 1 N–H and O–H groups in total. The van der Waals surface area contributed by atoms with Crippen LogP contribution in [-0.2, 0) is 6.42 Å². The SMILES string of the molecule is C/C=C/COc1ccc(CC(C)NC)cc1. The van der Waals surface area contributed by atoms with Crippen LogP contribution in [0, 0.1) is 0 Å². The highest BCUT2D eigenvalue weighted by Gasteiger charge is 2.00. The van der Waals surface area contributed by atoms with E-state index in [4.69, 9.17) is 4.74 Å². The van der Waals surface area contributed by atoms with Gasteiger partial charge in [0.1, 0.15) is 12.4 Å². The summed E-state index contributed by atoms with van der Waals surface area (Å²) < 4.78 is 5.53. The minimum absolute atomic E-state index is 0.509. The molecule has 1 aromatic rings. The van der Waals surface area contributed by atoms with Gasteiger partial charge in [-0.1, -0.05) is 24.3 Å². The van der Waals surface area contributed by atoms with E-state index in [9.17, 15) is 0 Å². The van der Waals surface area contributed by atoms with Crippen molar-refractivity contribution in [2.45, 2.75) is 26.3 Å². The topological polar surface area (TPSA) is 21.3 Å². The molecule has 0 aliphatic rings. The number of benzene rings is 1. The highest BCUT2D eigenvalue weighted by atomic mass is 16.5. The van der Waals surface area contributed by atoms with E-state index in [1.54, 1.807) is 0 Å². The van der Waals surface area contributed by atoms with E-state index in [-0.39, 0.29) is 0 Å². The maximum Gasteiger partial charge on any atom is 0.119 e. The largest absolute Gasteiger partial charge is 0.490 e. The van der Waals surface area contributed by atoms with Crippen molar-refractivity contribution in [2.75, 3.05) is 13.7 Å². The Hall–Kier alpha value is -1.28. The van der Waals surface area contributed by atoms with Crippen LogP contribution in [0.5, 0.6) is 5.75 Å². The first kappa shape index (κ1) is 12.8. The van der Waals surface area contributed by atoms with Crippen LogP contribution in [0.15, 0.2) is 36.4 Å². The molecule has 1 atom stereocenters. The summed E-state index contributed by atoms with van der Waals surface area (Å²) in [6, 6.07) is 8.81. The summed E-state index contributed by atoms with van der Waals surface area (Å²) in [5, 5.41) is 3.23. The smallest absolute Gasteiger partial charge is 0.119 e. The van der Waals surface area contributed by atoms with Gasteiger partial charge in [0.05, 0.1) is 0 Å². The molecule has 0 amide bonds. The Morgan fingerprint density at radius 3 is 2.56 bits per heavy atom. The van der Waals surface area contributed by atoms with E-state index >= 15 is 0 Å². The molecular formula is C14H21NO. The number of likely N-dealkylation sites (N-methyl/N-ethyl adjacent to an activating group) is 1. The third-order valence-corrected chi connectivity index (χ3v) is 2.54. The van der Waals surface area contributed by atoms with Gasteiger partial charge in [-0.2, -0.15) is 0 Å². The van der Waals surface area contributed by atoms with E-state index < -0.39 is 0 Å². The van der Waals surface area contributed by atoms with Gasteiger partial charge in [0.15, 0.2) is 0 Å². The van der Waals surface area contributed by atoms with Crippen molar-refractivity contribution in [2.24, 2.45) is 0 Å². The average molecular weight is 219 g/mol. The van der Waals surface area contributed by atoms with Crippen molar-refractivity contribution in [3.05, 3.63) is 42.0 Å². The standard InChI is InChI=1S/C14H21NO/c1-4-5-10-16-14-8-6-13(7-9-14)11-12(2)15-3/h4-9,12,15H,10-11H2,1-3H3/b5-4+. The van der Waals surface area contributed by atoms with Crippen LogP contribution < -0.4 is 10.1 Å². The first-order valence-corrected chi connectivity index (χ1v) is 5.76. The molecule has 0 heterocycles. The number of nitrogens with one attached hydrogen (secondary N) is 1. The summed E-state index contributed by atoms with van der Waals surface area (Å²) in [4.78, 5) is 0. The Morgan fingerprint density at radius 1 is 1.31 bits per heavy atom. The van der Waals surface area contributed by atoms with Crippen LogP contribution in [-0.4, -0.2) is 19.7 Å². The van der Waals surface area contributed by atoms with E-state index in [0.29, 0.717) is 12.6 Å². The second-order valence-electron chi connectivity index (χ2n) is 3.92. The van der Waals surface area contributed by atoms with Gasteiger partial charge in [0.25, 0.3) is 0 Å². The number of hydrogen-bond acceptors (Lipinski definition) is 2. The lowest BCUT2D eigenvalue weighted by molar-refractivity contribution is 0.362. The maximum atomic E-state index is 5.53. The van der Waals surface area contributed by atoms with Gasteiger partial charge in [0.2, 0.25) is 0 Å². The lowest BCUT2D eigenvalue weighted by Crippen LogP contribution is -2.23. The van der Waals surface area contributed by atoms with Gasteiger partial charge in [0, 0.05) is 6.04 Å². The Kier molecular flexibility index (Phi) is 5.65. The van der Waals surface area contributed by atoms with Gasteiger partial charge in [-0.15, -0.1) is 0 Å². The molecule has 0 aliphatic heterocycles. The lowest BCUT2D eigenvalue weighted by Gasteiger charge is -2.10. The summed E-state index contributed by atoms with van der Waals surface area (Å²) in [5.74, 6) is 0.930. The molecule has 0 saturated heterocycles. The predicted molar refractivity (Wildman–Crippen MR) is 69.0 cm³/mol. The zero-order valence-electron chi connectivity index (χ0n) is 10.4. The molecule has 0 saturated carbocycles. The molecule has 2 heteroatoms. The molecule has 0 aromatic heterocycles. The molecule has 1 rings (SSSR count). The predicted octanol–water partition coefficient (Wildman–Crippen LogP) is 2.79. The fraction of sp³-hybridized carbons (Fsp3) is 0.429. The van der Waals surface area contributed by atoms with Crippen LogP contribution >= 0.6 is 0 Å². The molecule has 16 heavy (non-hydrogen) atoms. The summed E-state index contributed by atoms with van der Waals surface area (Å²) in [6.45, 7) is 4.81. The summed E-state index contributed by atoms with van der Waals surface area (Å²) >= 11 is 0. The number of rotatable bonds is 6. The van der Waals surface area contributed by atoms with Crippen LogP contribution in [0.25, 0.3) is 0 Å². The van der Waals surface area contributed by atoms with Crippen LogP contribution in [0.4, 0.5) is 0 Å². The summed E-state index contributed by atoms with van der Waals surface area (Å²) in [6.07, 6.45) is 5.03. The number of allylic oxidation sites excluding steroid dienone is 1. The minimum atomic E-state index is 0.509. The molecule has 0 radical (unpaired) electrons. The van der Waals surface area contributed by atoms with Crippen molar-refractivity contribution in [3.8, 4) is 5.75 Å². The lowest BCUT2D eigenvalue weighted by atomic mass is 10.1. The first-order valence-electron chi connectivity index (χ1n) is 5.76. The van der Waals surface area contributed by atoms with E-state index in [1.807, 2.05) is 38.3 Å². The molecule has 1 unspecified atom stereocenters. The molecule has 2 nitrogen and oxygen atoms in total. The Labute approximate surface area is 98.3 Å². The minimum Gasteiger partial charge on any atom is -0.490 e. The van der Waals surface area contributed by atoms with E-state index in [2.05, 4.69) is 24.4 Å². The molecule has 0 spiro atoms. The van der Waals surface area contributed by atoms with Crippen molar-refractivity contribution < 1.29 is 4.74 Å². The third-order valence-electron chi connectivity index (χ3n) is 2.54. The molecule has 0 bridgehead atoms. The Morgan fingerprint density at radius 2 is 2.00 bits per heavy atom. The van der Waals surface area contributed by atoms with Gasteiger partial charge in [-0.3, -0.25) is 0 Å². The van der Waals surface area contributed by atoms with E-state index in [0.717, 1.165) is 12.2 Å². The van der Waals surface area contributed by atoms with Crippen molar-refractivity contribution in [1.29, 1.82) is 0 Å². The highest BCUT2D eigenvalue weighted by Crippen LogP contribution is 2.13. The Balaban J connectivity index is 2.47. The van der Waals surface area contributed by atoms with Crippen LogP contribution in [0.3, 0.4) is 0 Å². The zero-order chi connectivity index (χ0) is 11.8. The molecule has 1 aromatic carbocycles. The maximum absolute atomic E-state index is 5.53. The third kappa shape index (κ3) is 4.49. The van der Waals surface area contributed by atoms with Gasteiger partial charge >= 0.3 is 0 Å². The van der Waals surface area contributed by atoms with Gasteiger partial charge < -0.3 is 10.1 Å². The van der Waals surface area contributed by atoms with Crippen molar-refractivity contribution >= 4 is 0 Å². The molecule has 0 aliphatic carbocycles. The normalized spacial score (nSPS) is 12.9. The second kappa shape index (κ2) is 7.07. The van der Waals surface area contributed by atoms with E-state index in [1.165, 1.54) is 5.56 Å². The molecule has 0 fully saturated rings. The molecule has 88 valence electrons. The number of ether oxygens (including phenoxy) is 1. The fourth-order valence-electron chi connectivity index (χ4n) is 1.42. The monoisotopic (exact) mass is 219 g/mol. The Bertz CT molecular complexity index is 316. The highest BCUT2D eigenvalue weighted by molar-refractivity contribution is 5.27. The van der Waals surface area contributed by atoms with Crippen LogP contribution in [0.1, 0.15) is 19.4 Å². The van der Waals surface area contributed by atoms with Gasteiger partial charge in [-0.05, 0) is 45.0 Å². The second-order valence-corrected chi connectivity index (χ2v) is 3.92. The van der Waals surface area contributed by atoms with Gasteiger partial charge in [-0.25, -0.2) is 0 Å². The molecular weight excluding hydrogens is 198 g/mol. The fourth-order valence-corrected chi connectivity index (χ4v) is 1.42. The average Bonchev–Trinajstić information content (AvgIpc) is 2.31. The van der Waals surface area contributed by atoms with Crippen molar-refractivity contribution in [3.63, 3.8) is 0 Å². The first-order chi connectivity index (χ1) is 7.76. The quantitative estimate of drug-likeness (QED) is 0.743. The van der Waals surface area contributed by atoms with Crippen molar-refractivity contribution in [1.82, 2.24) is 5.32 Å². The number of hydrogen-bond donors (Lipinski definition) is 1. The van der Waals surface area contributed by atoms with Crippen LogP contribution in [0.2, 0.25) is 0 Å². The zero-order valence-corrected chi connectivity index (χ0v) is 10.4. The summed E-state index contributed by atoms with van der Waals surface area (Å²) in [5.41, 5.74) is 1.33.